The SMILES string of the molecule is CC1(C)CC(NCC(=O)O)CC1[C@@H]1S[C@H](CO)[C@H](O)[C@H](O)[C@H]1O. The number of aliphatic hydroxyl groups is 4. The maximum Gasteiger partial charge on any atom is 0.317 e. The number of hydrogen-bond acceptors (Lipinski definition) is 7. The Morgan fingerprint density at radius 1 is 1.22 bits per heavy atom. The number of thioether (sulfide) groups is 1. The highest BCUT2D eigenvalue weighted by atomic mass is 32.2. The van der Waals surface area contributed by atoms with Crippen molar-refractivity contribution in [3.05, 3.63) is 0 Å². The summed E-state index contributed by atoms with van der Waals surface area (Å²) >= 11 is 1.32. The van der Waals surface area contributed by atoms with Crippen LogP contribution < -0.4 is 5.32 Å². The van der Waals surface area contributed by atoms with Crippen LogP contribution in [-0.2, 0) is 4.79 Å². The van der Waals surface area contributed by atoms with Gasteiger partial charge in [0.25, 0.3) is 0 Å². The van der Waals surface area contributed by atoms with E-state index >= 15 is 0 Å². The zero-order valence-electron chi connectivity index (χ0n) is 13.4. The van der Waals surface area contributed by atoms with Gasteiger partial charge in [0.2, 0.25) is 0 Å². The van der Waals surface area contributed by atoms with Crippen LogP contribution in [0.1, 0.15) is 26.7 Å². The summed E-state index contributed by atoms with van der Waals surface area (Å²) < 4.78 is 0. The van der Waals surface area contributed by atoms with Crippen LogP contribution >= 0.6 is 11.8 Å². The molecule has 0 aromatic heterocycles. The highest BCUT2D eigenvalue weighted by molar-refractivity contribution is 8.00. The number of hydrogen-bond donors (Lipinski definition) is 6. The molecule has 134 valence electrons. The van der Waals surface area contributed by atoms with Crippen LogP contribution in [0.25, 0.3) is 0 Å². The largest absolute Gasteiger partial charge is 0.480 e. The fraction of sp³-hybridized carbons (Fsp3) is 0.933. The van der Waals surface area contributed by atoms with Gasteiger partial charge in [-0.05, 0) is 24.2 Å². The third kappa shape index (κ3) is 4.00. The summed E-state index contributed by atoms with van der Waals surface area (Å²) in [5.41, 5.74) is -0.142. The molecule has 0 bridgehead atoms. The number of aliphatic hydroxyl groups excluding tert-OH is 4. The van der Waals surface area contributed by atoms with Crippen molar-refractivity contribution in [2.75, 3.05) is 13.2 Å². The van der Waals surface area contributed by atoms with E-state index in [0.29, 0.717) is 6.42 Å². The Balaban J connectivity index is 2.10. The molecule has 23 heavy (non-hydrogen) atoms. The highest BCUT2D eigenvalue weighted by Crippen LogP contribution is 2.51. The van der Waals surface area contributed by atoms with Gasteiger partial charge in [0, 0.05) is 11.3 Å². The van der Waals surface area contributed by atoms with Crippen LogP contribution in [0.15, 0.2) is 0 Å². The Bertz CT molecular complexity index is 432. The monoisotopic (exact) mass is 349 g/mol. The third-order valence-electron chi connectivity index (χ3n) is 5.18. The summed E-state index contributed by atoms with van der Waals surface area (Å²) in [7, 11) is 0. The summed E-state index contributed by atoms with van der Waals surface area (Å²) in [4.78, 5) is 10.7. The van der Waals surface area contributed by atoms with Gasteiger partial charge in [-0.25, -0.2) is 0 Å². The maximum atomic E-state index is 10.7. The van der Waals surface area contributed by atoms with Crippen molar-refractivity contribution >= 4 is 17.7 Å². The minimum absolute atomic E-state index is 0.0375. The quantitative estimate of drug-likeness (QED) is 0.374. The lowest BCUT2D eigenvalue weighted by Crippen LogP contribution is -2.56. The highest BCUT2D eigenvalue weighted by Gasteiger charge is 2.52. The van der Waals surface area contributed by atoms with Crippen LogP contribution in [0.4, 0.5) is 0 Å². The van der Waals surface area contributed by atoms with Gasteiger partial charge in [0.1, 0.15) is 6.10 Å². The Kier molecular flexibility index (Phi) is 5.97. The summed E-state index contributed by atoms with van der Waals surface area (Å²) in [6.07, 6.45) is -2.03. The van der Waals surface area contributed by atoms with Gasteiger partial charge in [-0.1, -0.05) is 13.8 Å². The van der Waals surface area contributed by atoms with E-state index in [9.17, 15) is 25.2 Å². The van der Waals surface area contributed by atoms with Gasteiger partial charge in [-0.2, -0.15) is 0 Å². The number of nitrogens with one attached hydrogen (secondary N) is 1. The molecule has 2 unspecified atom stereocenters. The third-order valence-corrected chi connectivity index (χ3v) is 6.88. The first-order valence-corrected chi connectivity index (χ1v) is 8.87. The Labute approximate surface area is 140 Å². The molecule has 1 aliphatic carbocycles. The lowest BCUT2D eigenvalue weighted by Gasteiger charge is -2.45. The number of aliphatic carboxylic acids is 1. The Morgan fingerprint density at radius 2 is 1.87 bits per heavy atom. The molecule has 8 heteroatoms. The van der Waals surface area contributed by atoms with Gasteiger partial charge >= 0.3 is 5.97 Å². The molecule has 1 heterocycles. The van der Waals surface area contributed by atoms with E-state index in [-0.39, 0.29) is 35.8 Å². The lowest BCUT2D eigenvalue weighted by atomic mass is 9.77. The minimum Gasteiger partial charge on any atom is -0.480 e. The van der Waals surface area contributed by atoms with E-state index in [1.807, 2.05) is 0 Å². The number of carboxylic acid groups (broad SMARTS) is 1. The molecule has 1 saturated carbocycles. The first-order chi connectivity index (χ1) is 10.7. The number of carbonyl (C=O) groups is 1. The van der Waals surface area contributed by atoms with Crippen molar-refractivity contribution in [2.24, 2.45) is 11.3 Å². The molecule has 0 amide bonds. The van der Waals surface area contributed by atoms with Gasteiger partial charge in [0.15, 0.2) is 0 Å². The summed E-state index contributed by atoms with van der Waals surface area (Å²) in [5, 5.41) is 50.8. The first-order valence-electron chi connectivity index (χ1n) is 7.93. The van der Waals surface area contributed by atoms with Crippen LogP contribution in [0.2, 0.25) is 0 Å². The molecule has 7 atom stereocenters. The molecular weight excluding hydrogens is 322 g/mol. The zero-order valence-corrected chi connectivity index (χ0v) is 14.2. The standard InChI is InChI=1S/C15H27NO6S/c1-15(2)4-7(16-5-10(18)19)3-8(15)14-13(22)12(21)11(20)9(6-17)23-14/h7-9,11-14,16-17,20-22H,3-6H2,1-2H3,(H,18,19)/t7?,8?,9-,11+,12+,13-,14+/m1/s1. The van der Waals surface area contributed by atoms with E-state index in [4.69, 9.17) is 5.11 Å². The Morgan fingerprint density at radius 3 is 2.43 bits per heavy atom. The van der Waals surface area contributed by atoms with E-state index in [2.05, 4.69) is 19.2 Å². The van der Waals surface area contributed by atoms with Crippen molar-refractivity contribution in [3.8, 4) is 0 Å². The fourth-order valence-corrected chi connectivity index (χ4v) is 5.73. The van der Waals surface area contributed by atoms with Crippen LogP contribution in [-0.4, -0.2) is 79.5 Å². The van der Waals surface area contributed by atoms with Gasteiger partial charge < -0.3 is 30.8 Å². The topological polar surface area (TPSA) is 130 Å². The molecule has 0 spiro atoms. The zero-order chi connectivity index (χ0) is 17.4. The van der Waals surface area contributed by atoms with E-state index in [1.165, 1.54) is 11.8 Å². The number of rotatable bonds is 5. The Hall–Kier alpha value is -0.380. The summed E-state index contributed by atoms with van der Waals surface area (Å²) in [6, 6.07) is 0.0375. The van der Waals surface area contributed by atoms with Crippen LogP contribution in [0.5, 0.6) is 0 Å². The number of carboxylic acids is 1. The van der Waals surface area contributed by atoms with Crippen LogP contribution in [0, 0.1) is 11.3 Å². The van der Waals surface area contributed by atoms with Gasteiger partial charge in [0.05, 0.1) is 30.6 Å². The second-order valence-corrected chi connectivity index (χ2v) is 8.72. The van der Waals surface area contributed by atoms with E-state index in [0.717, 1.165) is 6.42 Å². The van der Waals surface area contributed by atoms with E-state index in [1.54, 1.807) is 0 Å². The second-order valence-electron chi connectivity index (χ2n) is 7.30. The van der Waals surface area contributed by atoms with Crippen molar-refractivity contribution in [3.63, 3.8) is 0 Å². The maximum absolute atomic E-state index is 10.7. The van der Waals surface area contributed by atoms with Gasteiger partial charge in [-0.3, -0.25) is 4.79 Å². The molecule has 0 radical (unpaired) electrons. The minimum atomic E-state index is -1.28. The molecule has 0 aromatic carbocycles. The van der Waals surface area contributed by atoms with Crippen molar-refractivity contribution in [1.82, 2.24) is 5.32 Å². The smallest absolute Gasteiger partial charge is 0.317 e. The molecule has 1 saturated heterocycles. The normalized spacial score (nSPS) is 43.5. The van der Waals surface area contributed by atoms with Crippen LogP contribution in [0.3, 0.4) is 0 Å². The molecule has 2 rings (SSSR count). The second kappa shape index (κ2) is 7.25. The molecule has 2 aliphatic rings. The predicted octanol–water partition coefficient (Wildman–Crippen LogP) is -0.976. The average molecular weight is 349 g/mol. The molecule has 2 fully saturated rings. The first kappa shape index (κ1) is 19.0. The molecule has 6 N–H and O–H groups in total. The summed E-state index contributed by atoms with van der Waals surface area (Å²) in [5.74, 6) is -0.859. The van der Waals surface area contributed by atoms with Crippen molar-refractivity contribution in [2.45, 2.75) is 61.5 Å². The molecule has 7 nitrogen and oxygen atoms in total. The van der Waals surface area contributed by atoms with E-state index < -0.39 is 29.5 Å². The summed E-state index contributed by atoms with van der Waals surface area (Å²) in [6.45, 7) is 3.77. The average Bonchev–Trinajstić information content (AvgIpc) is 2.78. The molecule has 0 aromatic rings. The predicted molar refractivity (Wildman–Crippen MR) is 86.2 cm³/mol. The molecule has 1 aliphatic heterocycles. The lowest BCUT2D eigenvalue weighted by molar-refractivity contribution is -0.136. The molecular formula is C15H27NO6S. The van der Waals surface area contributed by atoms with Crippen molar-refractivity contribution < 1.29 is 30.3 Å². The van der Waals surface area contributed by atoms with Gasteiger partial charge in [-0.15, -0.1) is 11.8 Å². The van der Waals surface area contributed by atoms with Crippen molar-refractivity contribution in [1.29, 1.82) is 0 Å². The fourth-order valence-electron chi connectivity index (χ4n) is 3.92.